The predicted octanol–water partition coefficient (Wildman–Crippen LogP) is 4.37. The van der Waals surface area contributed by atoms with Gasteiger partial charge in [-0.25, -0.2) is 4.79 Å². The molecule has 0 bridgehead atoms. The molecule has 0 radical (unpaired) electrons. The minimum Gasteiger partial charge on any atom is -0.421 e. The van der Waals surface area contributed by atoms with Crippen LogP contribution in [0, 0.1) is 13.8 Å². The van der Waals surface area contributed by atoms with Gasteiger partial charge in [-0.3, -0.25) is 9.59 Å². The zero-order valence-electron chi connectivity index (χ0n) is 16.5. The zero-order valence-corrected chi connectivity index (χ0v) is 16.5. The van der Waals surface area contributed by atoms with Crippen LogP contribution in [0.5, 0.6) is 5.75 Å². The van der Waals surface area contributed by atoms with Crippen molar-refractivity contribution in [3.8, 4) is 5.75 Å². The van der Waals surface area contributed by atoms with E-state index in [1.165, 1.54) is 4.90 Å². The molecule has 3 aromatic carbocycles. The van der Waals surface area contributed by atoms with Crippen molar-refractivity contribution in [1.82, 2.24) is 0 Å². The first-order valence-electron chi connectivity index (χ1n) is 9.13. The first-order valence-corrected chi connectivity index (χ1v) is 9.13. The fraction of sp³-hybridized carbons (Fsp3) is 0.125. The molecule has 0 aromatic heterocycles. The zero-order chi connectivity index (χ0) is 21.0. The van der Waals surface area contributed by atoms with E-state index in [2.05, 4.69) is 0 Å². The van der Waals surface area contributed by atoms with E-state index in [1.807, 2.05) is 26.0 Å². The van der Waals surface area contributed by atoms with Gasteiger partial charge in [0, 0.05) is 23.9 Å². The number of esters is 1. The molecule has 3 rings (SSSR count). The van der Waals surface area contributed by atoms with E-state index in [1.54, 1.807) is 67.7 Å². The lowest BCUT2D eigenvalue weighted by Gasteiger charge is -2.18. The molecule has 1 amide bonds. The van der Waals surface area contributed by atoms with Crippen LogP contribution in [0.15, 0.2) is 72.8 Å². The highest BCUT2D eigenvalue weighted by atomic mass is 16.5. The monoisotopic (exact) mass is 387 g/mol. The number of hydrogen-bond donors (Lipinski definition) is 0. The molecule has 0 spiro atoms. The Labute approximate surface area is 169 Å². The third-order valence-electron chi connectivity index (χ3n) is 4.54. The quantitative estimate of drug-likeness (QED) is 0.282. The van der Waals surface area contributed by atoms with Gasteiger partial charge in [0.05, 0.1) is 0 Å². The largest absolute Gasteiger partial charge is 0.421 e. The van der Waals surface area contributed by atoms with E-state index in [-0.39, 0.29) is 17.2 Å². The number of hydrogen-bond acceptors (Lipinski definition) is 4. The second-order valence-electron chi connectivity index (χ2n) is 6.81. The van der Waals surface area contributed by atoms with Gasteiger partial charge in [0.2, 0.25) is 0 Å². The van der Waals surface area contributed by atoms with E-state index >= 15 is 0 Å². The van der Waals surface area contributed by atoms with Crippen LogP contribution in [0.4, 0.5) is 5.69 Å². The molecule has 0 atom stereocenters. The number of rotatable bonds is 5. The molecule has 0 fully saturated rings. The summed E-state index contributed by atoms with van der Waals surface area (Å²) in [5.41, 5.74) is 3.57. The van der Waals surface area contributed by atoms with Gasteiger partial charge < -0.3 is 9.64 Å². The molecule has 5 nitrogen and oxygen atoms in total. The van der Waals surface area contributed by atoms with Crippen molar-refractivity contribution in [2.24, 2.45) is 0 Å². The molecule has 0 unspecified atom stereocenters. The van der Waals surface area contributed by atoms with Crippen LogP contribution in [-0.2, 0) is 4.79 Å². The van der Waals surface area contributed by atoms with Gasteiger partial charge >= 0.3 is 5.97 Å². The lowest BCUT2D eigenvalue weighted by molar-refractivity contribution is -0.129. The average Bonchev–Trinajstić information content (AvgIpc) is 2.74. The summed E-state index contributed by atoms with van der Waals surface area (Å²) in [6, 6.07) is 20.4. The number of carbonyl (C=O) groups is 3. The molecule has 29 heavy (non-hydrogen) atoms. The first kappa shape index (κ1) is 20.0. The molecule has 0 N–H and O–H groups in total. The minimum absolute atomic E-state index is 0.149. The van der Waals surface area contributed by atoms with Crippen molar-refractivity contribution >= 4 is 23.3 Å². The molecule has 3 aromatic rings. The van der Waals surface area contributed by atoms with Crippen molar-refractivity contribution in [3.63, 3.8) is 0 Å². The lowest BCUT2D eigenvalue weighted by Crippen LogP contribution is -2.26. The van der Waals surface area contributed by atoms with Gasteiger partial charge in [0.1, 0.15) is 5.75 Å². The Balaban J connectivity index is 1.67. The SMILES string of the molecule is Cc1ccc(C(=O)C(=O)Oc2ccc(N(C)C(=O)c3ccc(C)cc3)cc2)cc1. The predicted molar refractivity (Wildman–Crippen MR) is 111 cm³/mol. The second kappa shape index (κ2) is 8.52. The fourth-order valence-electron chi connectivity index (χ4n) is 2.72. The molecule has 0 aliphatic rings. The smallest absolute Gasteiger partial charge is 0.385 e. The Kier molecular flexibility index (Phi) is 5.88. The van der Waals surface area contributed by atoms with E-state index in [0.29, 0.717) is 11.3 Å². The van der Waals surface area contributed by atoms with Crippen LogP contribution >= 0.6 is 0 Å². The number of Topliss-reactive ketones (excluding diaryl/α,β-unsaturated/α-hetero) is 1. The molecular formula is C24H21NO4. The Morgan fingerprint density at radius 2 is 1.17 bits per heavy atom. The second-order valence-corrected chi connectivity index (χ2v) is 6.81. The third-order valence-corrected chi connectivity index (χ3v) is 4.54. The number of anilines is 1. The molecular weight excluding hydrogens is 366 g/mol. The number of nitrogens with zero attached hydrogens (tertiary/aromatic N) is 1. The summed E-state index contributed by atoms with van der Waals surface area (Å²) in [4.78, 5) is 38.4. The highest BCUT2D eigenvalue weighted by Crippen LogP contribution is 2.21. The highest BCUT2D eigenvalue weighted by Gasteiger charge is 2.19. The number of aryl methyl sites for hydroxylation is 2. The summed E-state index contributed by atoms with van der Waals surface area (Å²) in [5.74, 6) is -1.58. The van der Waals surface area contributed by atoms with Gasteiger partial charge in [-0.05, 0) is 50.2 Å². The molecule has 0 saturated carbocycles. The summed E-state index contributed by atoms with van der Waals surface area (Å²) < 4.78 is 5.16. The summed E-state index contributed by atoms with van der Waals surface area (Å²) in [6.45, 7) is 3.86. The number of benzene rings is 3. The Morgan fingerprint density at radius 1 is 0.690 bits per heavy atom. The number of ether oxygens (including phenoxy) is 1. The maximum atomic E-state index is 12.6. The molecule has 146 valence electrons. The molecule has 0 aliphatic carbocycles. The Morgan fingerprint density at radius 3 is 1.69 bits per heavy atom. The van der Waals surface area contributed by atoms with Crippen molar-refractivity contribution in [2.45, 2.75) is 13.8 Å². The van der Waals surface area contributed by atoms with Gasteiger partial charge in [0.25, 0.3) is 11.7 Å². The Bertz CT molecular complexity index is 1040. The van der Waals surface area contributed by atoms with E-state index in [9.17, 15) is 14.4 Å². The number of ketones is 1. The van der Waals surface area contributed by atoms with Gasteiger partial charge in [-0.1, -0.05) is 47.5 Å². The lowest BCUT2D eigenvalue weighted by atomic mass is 10.1. The standard InChI is InChI=1S/C24H21NO4/c1-16-4-8-18(9-5-16)22(26)24(28)29-21-14-12-20(13-15-21)25(3)23(27)19-10-6-17(2)7-11-19/h4-15H,1-3H3. The Hall–Kier alpha value is -3.73. The van der Waals surface area contributed by atoms with E-state index in [0.717, 1.165) is 11.1 Å². The topological polar surface area (TPSA) is 63.7 Å². The van der Waals surface area contributed by atoms with Crippen molar-refractivity contribution in [3.05, 3.63) is 95.1 Å². The van der Waals surface area contributed by atoms with Gasteiger partial charge in [-0.15, -0.1) is 0 Å². The number of amides is 1. The highest BCUT2D eigenvalue weighted by molar-refractivity contribution is 6.41. The van der Waals surface area contributed by atoms with Crippen LogP contribution in [0.25, 0.3) is 0 Å². The van der Waals surface area contributed by atoms with Crippen molar-refractivity contribution in [2.75, 3.05) is 11.9 Å². The molecule has 0 aliphatic heterocycles. The fourth-order valence-corrected chi connectivity index (χ4v) is 2.72. The van der Waals surface area contributed by atoms with Gasteiger partial charge in [-0.2, -0.15) is 0 Å². The summed E-state index contributed by atoms with van der Waals surface area (Å²) in [5, 5.41) is 0. The van der Waals surface area contributed by atoms with Crippen LogP contribution in [-0.4, -0.2) is 24.7 Å². The van der Waals surface area contributed by atoms with Crippen LogP contribution in [0.3, 0.4) is 0 Å². The van der Waals surface area contributed by atoms with E-state index in [4.69, 9.17) is 4.74 Å². The maximum Gasteiger partial charge on any atom is 0.385 e. The van der Waals surface area contributed by atoms with Crippen LogP contribution in [0.1, 0.15) is 31.8 Å². The summed E-state index contributed by atoms with van der Waals surface area (Å²) in [7, 11) is 1.67. The summed E-state index contributed by atoms with van der Waals surface area (Å²) in [6.07, 6.45) is 0. The van der Waals surface area contributed by atoms with Crippen LogP contribution in [0.2, 0.25) is 0 Å². The van der Waals surface area contributed by atoms with Crippen molar-refractivity contribution < 1.29 is 19.1 Å². The molecule has 0 saturated heterocycles. The minimum atomic E-state index is -0.953. The number of carbonyl (C=O) groups excluding carboxylic acids is 3. The van der Waals surface area contributed by atoms with Gasteiger partial charge in [0.15, 0.2) is 0 Å². The average molecular weight is 387 g/mol. The van der Waals surface area contributed by atoms with Crippen LogP contribution < -0.4 is 9.64 Å². The normalized spacial score (nSPS) is 10.3. The third kappa shape index (κ3) is 4.76. The molecule has 0 heterocycles. The molecule has 5 heteroatoms. The van der Waals surface area contributed by atoms with Crippen molar-refractivity contribution in [1.29, 1.82) is 0 Å². The summed E-state index contributed by atoms with van der Waals surface area (Å²) >= 11 is 0. The van der Waals surface area contributed by atoms with E-state index < -0.39 is 11.8 Å². The first-order chi connectivity index (χ1) is 13.8. The maximum absolute atomic E-state index is 12.6.